The molecule has 0 saturated heterocycles. The first-order valence-corrected chi connectivity index (χ1v) is 1.95. The lowest BCUT2D eigenvalue weighted by atomic mass is 10.5. The van der Waals surface area contributed by atoms with Gasteiger partial charge in [0.05, 0.1) is 12.7 Å². The quantitative estimate of drug-likeness (QED) is 0.506. The fourth-order valence-corrected chi connectivity index (χ4v) is 0.197. The van der Waals surface area contributed by atoms with E-state index in [9.17, 15) is 0 Å². The molecule has 8 heavy (non-hydrogen) atoms. The lowest BCUT2D eigenvalue weighted by Gasteiger charge is -1.81. The van der Waals surface area contributed by atoms with Gasteiger partial charge in [0.1, 0.15) is 0 Å². The molecular formula is C6H11NO. The SMILES string of the molecule is C.COCC=CC#N. The Hall–Kier alpha value is -0.810. The van der Waals surface area contributed by atoms with Gasteiger partial charge in [-0.1, -0.05) is 7.43 Å². The molecular weight excluding hydrogens is 102 g/mol. The van der Waals surface area contributed by atoms with Crippen molar-refractivity contribution >= 4 is 0 Å². The van der Waals surface area contributed by atoms with E-state index < -0.39 is 0 Å². The molecule has 0 aliphatic rings. The highest BCUT2D eigenvalue weighted by atomic mass is 16.5. The molecule has 0 bridgehead atoms. The molecule has 0 atom stereocenters. The summed E-state index contributed by atoms with van der Waals surface area (Å²) in [6.45, 7) is 0.521. The third-order valence-electron chi connectivity index (χ3n) is 0.455. The second-order valence-electron chi connectivity index (χ2n) is 0.987. The van der Waals surface area contributed by atoms with Crippen molar-refractivity contribution in [1.82, 2.24) is 0 Å². The zero-order valence-electron chi connectivity index (χ0n) is 4.22. The number of allylic oxidation sites excluding steroid dienone is 1. The second-order valence-corrected chi connectivity index (χ2v) is 0.987. The van der Waals surface area contributed by atoms with Crippen molar-refractivity contribution in [3.63, 3.8) is 0 Å². The molecule has 0 aromatic rings. The molecule has 0 heterocycles. The van der Waals surface area contributed by atoms with Crippen LogP contribution in [0.3, 0.4) is 0 Å². The van der Waals surface area contributed by atoms with E-state index in [1.54, 1.807) is 13.2 Å². The Kier molecular flexibility index (Phi) is 12.1. The fourth-order valence-electron chi connectivity index (χ4n) is 0.197. The van der Waals surface area contributed by atoms with E-state index in [4.69, 9.17) is 5.26 Å². The Morgan fingerprint density at radius 3 is 2.75 bits per heavy atom. The van der Waals surface area contributed by atoms with Crippen molar-refractivity contribution < 1.29 is 4.74 Å². The molecule has 0 saturated carbocycles. The zero-order valence-corrected chi connectivity index (χ0v) is 4.22. The highest BCUT2D eigenvalue weighted by Crippen LogP contribution is 1.68. The van der Waals surface area contributed by atoms with Gasteiger partial charge in [-0.2, -0.15) is 5.26 Å². The van der Waals surface area contributed by atoms with Crippen LogP contribution in [0.25, 0.3) is 0 Å². The largest absolute Gasteiger partial charge is 0.381 e. The van der Waals surface area contributed by atoms with Crippen molar-refractivity contribution in [2.24, 2.45) is 0 Å². The van der Waals surface area contributed by atoms with Gasteiger partial charge in [-0.3, -0.25) is 0 Å². The molecule has 0 aliphatic carbocycles. The van der Waals surface area contributed by atoms with Gasteiger partial charge in [0.25, 0.3) is 0 Å². The summed E-state index contributed by atoms with van der Waals surface area (Å²) in [5.74, 6) is 0. The summed E-state index contributed by atoms with van der Waals surface area (Å²) < 4.78 is 4.61. The summed E-state index contributed by atoms with van der Waals surface area (Å²) in [5, 5.41) is 7.90. The molecule has 0 fully saturated rings. The van der Waals surface area contributed by atoms with Crippen LogP contribution in [0.2, 0.25) is 0 Å². The molecule has 0 N–H and O–H groups in total. The predicted molar refractivity (Wildman–Crippen MR) is 33.4 cm³/mol. The van der Waals surface area contributed by atoms with E-state index in [0.717, 1.165) is 0 Å². The summed E-state index contributed by atoms with van der Waals surface area (Å²) in [4.78, 5) is 0. The van der Waals surface area contributed by atoms with Crippen LogP contribution in [0.5, 0.6) is 0 Å². The monoisotopic (exact) mass is 113 g/mol. The number of ether oxygens (including phenoxy) is 1. The maximum Gasteiger partial charge on any atom is 0.0909 e. The smallest absolute Gasteiger partial charge is 0.0909 e. The zero-order chi connectivity index (χ0) is 5.54. The molecule has 2 nitrogen and oxygen atoms in total. The Morgan fingerprint density at radius 2 is 2.38 bits per heavy atom. The molecule has 0 spiro atoms. The van der Waals surface area contributed by atoms with E-state index in [1.165, 1.54) is 6.08 Å². The van der Waals surface area contributed by atoms with Gasteiger partial charge in [0.15, 0.2) is 0 Å². The minimum absolute atomic E-state index is 0. The minimum atomic E-state index is 0. The first-order chi connectivity index (χ1) is 3.41. The van der Waals surface area contributed by atoms with Gasteiger partial charge in [-0.25, -0.2) is 0 Å². The van der Waals surface area contributed by atoms with Crippen molar-refractivity contribution in [3.05, 3.63) is 12.2 Å². The van der Waals surface area contributed by atoms with E-state index in [2.05, 4.69) is 4.74 Å². The van der Waals surface area contributed by atoms with Crippen LogP contribution in [0, 0.1) is 11.3 Å². The number of nitrogens with zero attached hydrogens (tertiary/aromatic N) is 1. The number of methoxy groups -OCH3 is 1. The van der Waals surface area contributed by atoms with Gasteiger partial charge in [0, 0.05) is 13.2 Å². The highest BCUT2D eigenvalue weighted by molar-refractivity contribution is 5.01. The minimum Gasteiger partial charge on any atom is -0.381 e. The van der Waals surface area contributed by atoms with Gasteiger partial charge >= 0.3 is 0 Å². The van der Waals surface area contributed by atoms with Crippen LogP contribution in [0.15, 0.2) is 12.2 Å². The van der Waals surface area contributed by atoms with Crippen LogP contribution < -0.4 is 0 Å². The predicted octanol–water partition coefficient (Wildman–Crippen LogP) is 1.35. The normalized spacial score (nSPS) is 8.00. The van der Waals surface area contributed by atoms with E-state index >= 15 is 0 Å². The van der Waals surface area contributed by atoms with Crippen molar-refractivity contribution in [1.29, 1.82) is 5.26 Å². The maximum absolute atomic E-state index is 7.90. The lowest BCUT2D eigenvalue weighted by molar-refractivity contribution is 0.234. The number of nitriles is 1. The number of hydrogen-bond donors (Lipinski definition) is 0. The van der Waals surface area contributed by atoms with Gasteiger partial charge < -0.3 is 4.74 Å². The first kappa shape index (κ1) is 10.2. The maximum atomic E-state index is 7.90. The third kappa shape index (κ3) is 8.95. The Labute approximate surface area is 50.4 Å². The van der Waals surface area contributed by atoms with Crippen LogP contribution in [-0.2, 0) is 4.74 Å². The fraction of sp³-hybridized carbons (Fsp3) is 0.500. The topological polar surface area (TPSA) is 33.0 Å². The first-order valence-electron chi connectivity index (χ1n) is 1.95. The molecule has 0 amide bonds. The molecule has 46 valence electrons. The lowest BCUT2D eigenvalue weighted by Crippen LogP contribution is -1.78. The summed E-state index contributed by atoms with van der Waals surface area (Å²) in [5.41, 5.74) is 0. The second kappa shape index (κ2) is 9.50. The average Bonchev–Trinajstić information content (AvgIpc) is 1.69. The number of hydrogen-bond acceptors (Lipinski definition) is 2. The summed E-state index contributed by atoms with van der Waals surface area (Å²) >= 11 is 0. The summed E-state index contributed by atoms with van der Waals surface area (Å²) in [7, 11) is 1.59. The van der Waals surface area contributed by atoms with Gasteiger partial charge in [-0.05, 0) is 6.08 Å². The van der Waals surface area contributed by atoms with E-state index in [-0.39, 0.29) is 7.43 Å². The van der Waals surface area contributed by atoms with Gasteiger partial charge in [0.2, 0.25) is 0 Å². The van der Waals surface area contributed by atoms with E-state index in [1.807, 2.05) is 6.07 Å². The highest BCUT2D eigenvalue weighted by Gasteiger charge is 1.65. The third-order valence-corrected chi connectivity index (χ3v) is 0.455. The van der Waals surface area contributed by atoms with Crippen LogP contribution in [0.4, 0.5) is 0 Å². The Bertz CT molecular complexity index is 91.2. The van der Waals surface area contributed by atoms with Crippen molar-refractivity contribution in [2.75, 3.05) is 13.7 Å². The van der Waals surface area contributed by atoms with Crippen LogP contribution in [-0.4, -0.2) is 13.7 Å². The number of rotatable bonds is 2. The van der Waals surface area contributed by atoms with Crippen molar-refractivity contribution in [2.45, 2.75) is 7.43 Å². The average molecular weight is 113 g/mol. The molecule has 0 rings (SSSR count). The van der Waals surface area contributed by atoms with Gasteiger partial charge in [-0.15, -0.1) is 0 Å². The molecule has 2 heteroatoms. The molecule has 0 aromatic heterocycles. The molecule has 0 unspecified atom stereocenters. The molecule has 0 aliphatic heterocycles. The summed E-state index contributed by atoms with van der Waals surface area (Å²) in [6, 6.07) is 1.84. The Morgan fingerprint density at radius 1 is 1.75 bits per heavy atom. The molecule has 0 radical (unpaired) electrons. The van der Waals surface area contributed by atoms with Crippen LogP contribution in [0.1, 0.15) is 7.43 Å². The summed E-state index contributed by atoms with van der Waals surface area (Å²) in [6.07, 6.45) is 3.05. The van der Waals surface area contributed by atoms with E-state index in [0.29, 0.717) is 6.61 Å². The van der Waals surface area contributed by atoms with Crippen LogP contribution >= 0.6 is 0 Å². The molecule has 0 aromatic carbocycles. The standard InChI is InChI=1S/C5H7NO.CH4/c1-7-5-3-2-4-6;/h2-3H,5H2,1H3;1H4. The Balaban J connectivity index is 0. The van der Waals surface area contributed by atoms with Crippen molar-refractivity contribution in [3.8, 4) is 6.07 Å².